The summed E-state index contributed by atoms with van der Waals surface area (Å²) in [6.45, 7) is 6.26. The van der Waals surface area contributed by atoms with Crippen LogP contribution in [0.3, 0.4) is 0 Å². The van der Waals surface area contributed by atoms with Crippen LogP contribution in [0.4, 0.5) is 5.82 Å². The molecular weight excluding hydrogens is 216 g/mol. The smallest absolute Gasteiger partial charge is 0.339 e. The molecule has 0 radical (unpaired) electrons. The number of hydrogen-bond acceptors (Lipinski definition) is 4. The summed E-state index contributed by atoms with van der Waals surface area (Å²) in [6, 6.07) is 3.63. The topological polar surface area (TPSA) is 42.4 Å². The third-order valence-corrected chi connectivity index (χ3v) is 2.48. The van der Waals surface area contributed by atoms with Gasteiger partial charge in [-0.15, -0.1) is 0 Å². The second-order valence-corrected chi connectivity index (χ2v) is 3.88. The molecule has 0 saturated carbocycles. The molecule has 1 aromatic rings. The highest BCUT2D eigenvalue weighted by Crippen LogP contribution is 2.12. The van der Waals surface area contributed by atoms with E-state index in [1.54, 1.807) is 12.3 Å². The molecule has 0 aliphatic carbocycles. The number of aromatic nitrogens is 1. The fourth-order valence-electron chi connectivity index (χ4n) is 1.69. The second kappa shape index (κ2) is 6.89. The van der Waals surface area contributed by atoms with Gasteiger partial charge < -0.3 is 9.64 Å². The van der Waals surface area contributed by atoms with E-state index in [9.17, 15) is 4.79 Å². The molecule has 0 N–H and O–H groups in total. The molecule has 0 amide bonds. The van der Waals surface area contributed by atoms with Crippen LogP contribution >= 0.6 is 0 Å². The predicted molar refractivity (Wildman–Crippen MR) is 68.4 cm³/mol. The Morgan fingerprint density at radius 2 is 1.94 bits per heavy atom. The molecule has 17 heavy (non-hydrogen) atoms. The highest BCUT2D eigenvalue weighted by Gasteiger charge is 2.09. The average Bonchev–Trinajstić information content (AvgIpc) is 2.38. The van der Waals surface area contributed by atoms with Crippen LogP contribution in [0.1, 0.15) is 37.0 Å². The molecule has 1 aromatic heterocycles. The van der Waals surface area contributed by atoms with Gasteiger partial charge in [0, 0.05) is 19.3 Å². The maximum Gasteiger partial charge on any atom is 0.339 e. The maximum absolute atomic E-state index is 11.3. The maximum atomic E-state index is 11.3. The van der Waals surface area contributed by atoms with Gasteiger partial charge >= 0.3 is 5.97 Å². The van der Waals surface area contributed by atoms with Crippen LogP contribution in [0, 0.1) is 0 Å². The average molecular weight is 236 g/mol. The van der Waals surface area contributed by atoms with Gasteiger partial charge in [0.05, 0.1) is 12.7 Å². The lowest BCUT2D eigenvalue weighted by molar-refractivity contribution is 0.0600. The Labute approximate surface area is 103 Å². The van der Waals surface area contributed by atoms with E-state index < -0.39 is 0 Å². The Bertz CT molecular complexity index is 343. The van der Waals surface area contributed by atoms with E-state index in [0.29, 0.717) is 5.56 Å². The standard InChI is InChI=1S/C13H20N2O2/c1-4-8-15(9-5-2)12-7-6-11(10-14-12)13(16)17-3/h6-7,10H,4-5,8-9H2,1-3H3. The van der Waals surface area contributed by atoms with Gasteiger partial charge in [-0.25, -0.2) is 9.78 Å². The van der Waals surface area contributed by atoms with Gasteiger partial charge in [0.15, 0.2) is 0 Å². The van der Waals surface area contributed by atoms with Crippen molar-refractivity contribution in [1.82, 2.24) is 4.98 Å². The second-order valence-electron chi connectivity index (χ2n) is 3.88. The van der Waals surface area contributed by atoms with Crippen LogP contribution in [0.2, 0.25) is 0 Å². The van der Waals surface area contributed by atoms with Gasteiger partial charge in [-0.2, -0.15) is 0 Å². The molecule has 0 saturated heterocycles. The van der Waals surface area contributed by atoms with Crippen molar-refractivity contribution in [3.8, 4) is 0 Å². The van der Waals surface area contributed by atoms with Crippen LogP contribution in [-0.4, -0.2) is 31.2 Å². The van der Waals surface area contributed by atoms with Crippen LogP contribution in [-0.2, 0) is 4.74 Å². The first kappa shape index (κ1) is 13.5. The molecule has 1 heterocycles. The third-order valence-electron chi connectivity index (χ3n) is 2.48. The number of anilines is 1. The zero-order chi connectivity index (χ0) is 12.7. The van der Waals surface area contributed by atoms with Crippen LogP contribution in [0.25, 0.3) is 0 Å². The van der Waals surface area contributed by atoms with Crippen molar-refractivity contribution in [2.75, 3.05) is 25.1 Å². The number of pyridine rings is 1. The van der Waals surface area contributed by atoms with E-state index >= 15 is 0 Å². The summed E-state index contributed by atoms with van der Waals surface area (Å²) in [5.41, 5.74) is 0.490. The van der Waals surface area contributed by atoms with E-state index in [1.165, 1.54) is 7.11 Å². The molecule has 4 heteroatoms. The van der Waals surface area contributed by atoms with Crippen LogP contribution < -0.4 is 4.90 Å². The summed E-state index contributed by atoms with van der Waals surface area (Å²) in [6.07, 6.45) is 3.74. The van der Waals surface area contributed by atoms with E-state index in [0.717, 1.165) is 31.7 Å². The molecule has 94 valence electrons. The van der Waals surface area contributed by atoms with E-state index in [2.05, 4.69) is 28.5 Å². The molecule has 1 rings (SSSR count). The monoisotopic (exact) mass is 236 g/mol. The Hall–Kier alpha value is -1.58. The van der Waals surface area contributed by atoms with Crippen molar-refractivity contribution in [3.05, 3.63) is 23.9 Å². The van der Waals surface area contributed by atoms with E-state index in [4.69, 9.17) is 0 Å². The summed E-state index contributed by atoms with van der Waals surface area (Å²) in [5.74, 6) is 0.572. The zero-order valence-electron chi connectivity index (χ0n) is 10.8. The third kappa shape index (κ3) is 3.73. The first-order chi connectivity index (χ1) is 8.22. The van der Waals surface area contributed by atoms with Crippen LogP contribution in [0.5, 0.6) is 0 Å². The minimum absolute atomic E-state index is 0.346. The fraction of sp³-hybridized carbons (Fsp3) is 0.538. The Morgan fingerprint density at radius 3 is 2.35 bits per heavy atom. The molecule has 0 fully saturated rings. The SMILES string of the molecule is CCCN(CCC)c1ccc(C(=O)OC)cn1. The van der Waals surface area contributed by atoms with Crippen LogP contribution in [0.15, 0.2) is 18.3 Å². The molecule has 0 aliphatic heterocycles. The van der Waals surface area contributed by atoms with Gasteiger partial charge in [-0.1, -0.05) is 13.8 Å². The minimum atomic E-state index is -0.346. The quantitative estimate of drug-likeness (QED) is 0.712. The number of methoxy groups -OCH3 is 1. The van der Waals surface area contributed by atoms with Crippen molar-refractivity contribution >= 4 is 11.8 Å². The van der Waals surface area contributed by atoms with Gasteiger partial charge in [-0.05, 0) is 25.0 Å². The number of carbonyl (C=O) groups excluding carboxylic acids is 1. The summed E-state index contributed by atoms with van der Waals surface area (Å²) in [7, 11) is 1.37. The summed E-state index contributed by atoms with van der Waals surface area (Å²) >= 11 is 0. The minimum Gasteiger partial charge on any atom is -0.465 e. The molecule has 0 atom stereocenters. The van der Waals surface area contributed by atoms with E-state index in [-0.39, 0.29) is 5.97 Å². The number of esters is 1. The van der Waals surface area contributed by atoms with Crippen molar-refractivity contribution in [2.45, 2.75) is 26.7 Å². The molecule has 0 aromatic carbocycles. The number of ether oxygens (including phenoxy) is 1. The Balaban J connectivity index is 2.80. The van der Waals surface area contributed by atoms with Crippen molar-refractivity contribution < 1.29 is 9.53 Å². The lowest BCUT2D eigenvalue weighted by atomic mass is 10.2. The largest absolute Gasteiger partial charge is 0.465 e. The summed E-state index contributed by atoms with van der Waals surface area (Å²) in [4.78, 5) is 17.8. The normalized spacial score (nSPS) is 10.1. The Kier molecular flexibility index (Phi) is 5.46. The van der Waals surface area contributed by atoms with Gasteiger partial charge in [0.25, 0.3) is 0 Å². The molecule has 4 nitrogen and oxygen atoms in total. The predicted octanol–water partition coefficient (Wildman–Crippen LogP) is 2.49. The van der Waals surface area contributed by atoms with Gasteiger partial charge in [0.2, 0.25) is 0 Å². The highest BCUT2D eigenvalue weighted by molar-refractivity contribution is 5.89. The first-order valence-electron chi connectivity index (χ1n) is 6.02. The molecular formula is C13H20N2O2. The van der Waals surface area contributed by atoms with Gasteiger partial charge in [-0.3, -0.25) is 0 Å². The van der Waals surface area contributed by atoms with Gasteiger partial charge in [0.1, 0.15) is 5.82 Å². The van der Waals surface area contributed by atoms with Crippen molar-refractivity contribution in [3.63, 3.8) is 0 Å². The number of rotatable bonds is 6. The fourth-order valence-corrected chi connectivity index (χ4v) is 1.69. The molecule has 0 bridgehead atoms. The number of carbonyl (C=O) groups is 1. The Morgan fingerprint density at radius 1 is 1.29 bits per heavy atom. The zero-order valence-corrected chi connectivity index (χ0v) is 10.8. The number of hydrogen-bond donors (Lipinski definition) is 0. The molecule has 0 aliphatic rings. The lowest BCUT2D eigenvalue weighted by Crippen LogP contribution is -2.25. The summed E-state index contributed by atoms with van der Waals surface area (Å²) in [5, 5.41) is 0. The number of nitrogens with zero attached hydrogens (tertiary/aromatic N) is 2. The summed E-state index contributed by atoms with van der Waals surface area (Å²) < 4.78 is 4.64. The molecule has 0 spiro atoms. The van der Waals surface area contributed by atoms with E-state index in [1.807, 2.05) is 6.07 Å². The first-order valence-corrected chi connectivity index (χ1v) is 6.02. The highest BCUT2D eigenvalue weighted by atomic mass is 16.5. The van der Waals surface area contributed by atoms with Crippen molar-refractivity contribution in [2.24, 2.45) is 0 Å². The molecule has 0 unspecified atom stereocenters. The lowest BCUT2D eigenvalue weighted by Gasteiger charge is -2.22. The van der Waals surface area contributed by atoms with Crippen molar-refractivity contribution in [1.29, 1.82) is 0 Å².